The standard InChI is InChI=1S/C16H26ClN/c1-5-10-18-16(13(6-2)7-3)14-8-9-15(17)12(4)11-14/h8-9,11,13,16,18H,5-7,10H2,1-4H3. The normalized spacial score (nSPS) is 13.0. The van der Waals surface area contributed by atoms with Crippen LogP contribution in [0.1, 0.15) is 57.2 Å². The first-order valence-electron chi connectivity index (χ1n) is 7.13. The van der Waals surface area contributed by atoms with E-state index in [1.165, 1.54) is 30.4 Å². The van der Waals surface area contributed by atoms with Crippen LogP contribution in [-0.2, 0) is 0 Å². The predicted octanol–water partition coefficient (Wildman–Crippen LogP) is 5.13. The Morgan fingerprint density at radius 1 is 1.17 bits per heavy atom. The van der Waals surface area contributed by atoms with E-state index in [1.54, 1.807) is 0 Å². The van der Waals surface area contributed by atoms with Gasteiger partial charge in [0.05, 0.1) is 0 Å². The molecule has 0 heterocycles. The number of rotatable bonds is 7. The minimum absolute atomic E-state index is 0.455. The topological polar surface area (TPSA) is 12.0 Å². The summed E-state index contributed by atoms with van der Waals surface area (Å²) in [6.45, 7) is 9.91. The van der Waals surface area contributed by atoms with Crippen LogP contribution in [0.25, 0.3) is 0 Å². The van der Waals surface area contributed by atoms with Gasteiger partial charge < -0.3 is 5.32 Å². The molecule has 1 rings (SSSR count). The molecule has 0 radical (unpaired) electrons. The van der Waals surface area contributed by atoms with Gasteiger partial charge in [0.2, 0.25) is 0 Å². The molecule has 0 aromatic heterocycles. The molecular formula is C16H26ClN. The third-order valence-electron chi connectivity index (χ3n) is 3.68. The Hall–Kier alpha value is -0.530. The van der Waals surface area contributed by atoms with Gasteiger partial charge in [-0.05, 0) is 43.0 Å². The van der Waals surface area contributed by atoms with Gasteiger partial charge in [-0.25, -0.2) is 0 Å². The second kappa shape index (κ2) is 7.81. The Morgan fingerprint density at radius 2 is 1.83 bits per heavy atom. The monoisotopic (exact) mass is 267 g/mol. The van der Waals surface area contributed by atoms with E-state index < -0.39 is 0 Å². The molecule has 0 amide bonds. The molecule has 1 aromatic carbocycles. The number of halogens is 1. The maximum Gasteiger partial charge on any atom is 0.0435 e. The predicted molar refractivity (Wildman–Crippen MR) is 81.3 cm³/mol. The van der Waals surface area contributed by atoms with Gasteiger partial charge in [-0.15, -0.1) is 0 Å². The second-order valence-corrected chi connectivity index (χ2v) is 5.42. The molecule has 0 spiro atoms. The largest absolute Gasteiger partial charge is 0.310 e. The van der Waals surface area contributed by atoms with Gasteiger partial charge in [0.25, 0.3) is 0 Å². The third-order valence-corrected chi connectivity index (χ3v) is 4.10. The molecule has 0 fully saturated rings. The summed E-state index contributed by atoms with van der Waals surface area (Å²) in [5.74, 6) is 0.692. The first-order valence-corrected chi connectivity index (χ1v) is 7.51. The fourth-order valence-electron chi connectivity index (χ4n) is 2.48. The summed E-state index contributed by atoms with van der Waals surface area (Å²) in [5.41, 5.74) is 2.54. The van der Waals surface area contributed by atoms with Gasteiger partial charge in [0, 0.05) is 11.1 Å². The van der Waals surface area contributed by atoms with Gasteiger partial charge in [0.1, 0.15) is 0 Å². The van der Waals surface area contributed by atoms with E-state index in [0.717, 1.165) is 11.6 Å². The van der Waals surface area contributed by atoms with Gasteiger partial charge in [-0.1, -0.05) is 57.3 Å². The van der Waals surface area contributed by atoms with Crippen molar-refractivity contribution in [2.75, 3.05) is 6.54 Å². The zero-order valence-corrected chi connectivity index (χ0v) is 12.8. The van der Waals surface area contributed by atoms with Crippen molar-refractivity contribution >= 4 is 11.6 Å². The zero-order valence-electron chi connectivity index (χ0n) is 12.1. The highest BCUT2D eigenvalue weighted by molar-refractivity contribution is 6.31. The molecule has 1 atom stereocenters. The lowest BCUT2D eigenvalue weighted by Gasteiger charge is -2.27. The molecule has 0 saturated heterocycles. The van der Waals surface area contributed by atoms with Gasteiger partial charge in [-0.2, -0.15) is 0 Å². The summed E-state index contributed by atoms with van der Waals surface area (Å²) in [5, 5.41) is 4.55. The highest BCUT2D eigenvalue weighted by atomic mass is 35.5. The van der Waals surface area contributed by atoms with E-state index >= 15 is 0 Å². The lowest BCUT2D eigenvalue weighted by Crippen LogP contribution is -2.28. The van der Waals surface area contributed by atoms with Crippen LogP contribution in [0.4, 0.5) is 0 Å². The number of aryl methyl sites for hydroxylation is 1. The average Bonchev–Trinajstić information content (AvgIpc) is 2.38. The number of benzene rings is 1. The number of nitrogens with one attached hydrogen (secondary N) is 1. The summed E-state index contributed by atoms with van der Waals surface area (Å²) in [6.07, 6.45) is 3.59. The summed E-state index contributed by atoms with van der Waals surface area (Å²) >= 11 is 6.12. The van der Waals surface area contributed by atoms with E-state index in [2.05, 4.69) is 45.1 Å². The average molecular weight is 268 g/mol. The van der Waals surface area contributed by atoms with Crippen molar-refractivity contribution in [2.45, 2.75) is 53.0 Å². The van der Waals surface area contributed by atoms with Crippen LogP contribution in [0.2, 0.25) is 5.02 Å². The molecule has 102 valence electrons. The molecule has 0 saturated carbocycles. The summed E-state index contributed by atoms with van der Waals surface area (Å²) < 4.78 is 0. The zero-order chi connectivity index (χ0) is 13.5. The summed E-state index contributed by atoms with van der Waals surface area (Å²) in [7, 11) is 0. The van der Waals surface area contributed by atoms with E-state index in [-0.39, 0.29) is 0 Å². The number of hydrogen-bond donors (Lipinski definition) is 1. The van der Waals surface area contributed by atoms with Gasteiger partial charge in [0.15, 0.2) is 0 Å². The maximum absolute atomic E-state index is 6.12. The SMILES string of the molecule is CCCNC(c1ccc(Cl)c(C)c1)C(CC)CC. The minimum atomic E-state index is 0.455. The molecular weight excluding hydrogens is 242 g/mol. The molecule has 1 N–H and O–H groups in total. The van der Waals surface area contributed by atoms with Crippen LogP contribution >= 0.6 is 11.6 Å². The Morgan fingerprint density at radius 3 is 2.33 bits per heavy atom. The maximum atomic E-state index is 6.12. The fourth-order valence-corrected chi connectivity index (χ4v) is 2.60. The van der Waals surface area contributed by atoms with Crippen molar-refractivity contribution < 1.29 is 0 Å². The van der Waals surface area contributed by atoms with Crippen molar-refractivity contribution in [1.82, 2.24) is 5.32 Å². The Bertz CT molecular complexity index is 358. The molecule has 18 heavy (non-hydrogen) atoms. The van der Waals surface area contributed by atoms with Crippen molar-refractivity contribution in [3.8, 4) is 0 Å². The fraction of sp³-hybridized carbons (Fsp3) is 0.625. The molecule has 0 aliphatic carbocycles. The van der Waals surface area contributed by atoms with Crippen molar-refractivity contribution in [3.63, 3.8) is 0 Å². The van der Waals surface area contributed by atoms with Crippen LogP contribution < -0.4 is 5.32 Å². The Balaban J connectivity index is 2.96. The Kier molecular flexibility index (Phi) is 6.73. The highest BCUT2D eigenvalue weighted by Crippen LogP contribution is 2.29. The van der Waals surface area contributed by atoms with Crippen LogP contribution in [0, 0.1) is 12.8 Å². The van der Waals surface area contributed by atoms with Crippen molar-refractivity contribution in [1.29, 1.82) is 0 Å². The molecule has 1 unspecified atom stereocenters. The van der Waals surface area contributed by atoms with Crippen LogP contribution in [0.15, 0.2) is 18.2 Å². The van der Waals surface area contributed by atoms with Gasteiger partial charge in [-0.3, -0.25) is 0 Å². The molecule has 0 aliphatic rings. The van der Waals surface area contributed by atoms with E-state index in [1.807, 2.05) is 6.07 Å². The third kappa shape index (κ3) is 4.00. The highest BCUT2D eigenvalue weighted by Gasteiger charge is 2.19. The summed E-state index contributed by atoms with van der Waals surface area (Å²) in [4.78, 5) is 0. The van der Waals surface area contributed by atoms with E-state index in [0.29, 0.717) is 12.0 Å². The molecule has 1 nitrogen and oxygen atoms in total. The minimum Gasteiger partial charge on any atom is -0.310 e. The summed E-state index contributed by atoms with van der Waals surface area (Å²) in [6, 6.07) is 6.88. The first kappa shape index (κ1) is 15.5. The van der Waals surface area contributed by atoms with E-state index in [9.17, 15) is 0 Å². The van der Waals surface area contributed by atoms with E-state index in [4.69, 9.17) is 11.6 Å². The van der Waals surface area contributed by atoms with Crippen LogP contribution in [0.3, 0.4) is 0 Å². The Labute approximate surface area is 117 Å². The lowest BCUT2D eigenvalue weighted by atomic mass is 9.88. The van der Waals surface area contributed by atoms with Crippen LogP contribution in [-0.4, -0.2) is 6.54 Å². The van der Waals surface area contributed by atoms with Crippen molar-refractivity contribution in [2.24, 2.45) is 5.92 Å². The van der Waals surface area contributed by atoms with Gasteiger partial charge >= 0.3 is 0 Å². The quantitative estimate of drug-likeness (QED) is 0.723. The second-order valence-electron chi connectivity index (χ2n) is 5.02. The lowest BCUT2D eigenvalue weighted by molar-refractivity contribution is 0.341. The first-order chi connectivity index (χ1) is 8.63. The molecule has 1 aromatic rings. The van der Waals surface area contributed by atoms with Crippen molar-refractivity contribution in [3.05, 3.63) is 34.3 Å². The molecule has 0 aliphatic heterocycles. The molecule has 2 heteroatoms. The van der Waals surface area contributed by atoms with Crippen LogP contribution in [0.5, 0.6) is 0 Å². The number of hydrogen-bond acceptors (Lipinski definition) is 1. The molecule has 0 bridgehead atoms. The smallest absolute Gasteiger partial charge is 0.0435 e.